The van der Waals surface area contributed by atoms with Gasteiger partial charge in [-0.15, -0.1) is 0 Å². The van der Waals surface area contributed by atoms with Crippen molar-refractivity contribution < 1.29 is 13.9 Å². The third-order valence-electron chi connectivity index (χ3n) is 3.27. The van der Waals surface area contributed by atoms with E-state index in [1.807, 2.05) is 45.0 Å². The Hall–Kier alpha value is -2.82. The van der Waals surface area contributed by atoms with E-state index in [1.54, 1.807) is 25.4 Å². The maximum atomic E-state index is 12.1. The maximum Gasteiger partial charge on any atom is 0.376 e. The Bertz CT molecular complexity index is 807. The van der Waals surface area contributed by atoms with Crippen LogP contribution in [0.5, 0.6) is 0 Å². The number of aryl methyl sites for hydroxylation is 1. The number of nitrogens with zero attached hydrogens (tertiary/aromatic N) is 1. The summed E-state index contributed by atoms with van der Waals surface area (Å²) in [5.74, 6) is -0.335. The first-order valence-corrected chi connectivity index (χ1v) is 8.06. The van der Waals surface area contributed by atoms with Gasteiger partial charge in [0, 0.05) is 18.1 Å². The molecule has 3 aromatic rings. The van der Waals surface area contributed by atoms with Gasteiger partial charge in [-0.3, -0.25) is 4.98 Å². The highest BCUT2D eigenvalue weighted by Gasteiger charge is 2.22. The minimum Gasteiger partial charge on any atom is -0.460 e. The number of fused-ring (bicyclic) bond motifs is 1. The molecule has 0 aliphatic carbocycles. The molecular formula is C19H22N2O3. The number of carbonyl (C=O) groups is 1. The van der Waals surface area contributed by atoms with Crippen molar-refractivity contribution in [2.24, 2.45) is 0 Å². The standard InChI is InChI=1S/C17H16N2O3.C2H6/c1-3-21-17(20)16-15(13-10-18-9-8-14(13)22-16)19-12-6-4-11(2)5-7-12;1-2/h4-10,19H,3H2,1-2H3;1-2H3. The second kappa shape index (κ2) is 8.15. The largest absolute Gasteiger partial charge is 0.460 e. The topological polar surface area (TPSA) is 64.4 Å². The van der Waals surface area contributed by atoms with E-state index in [0.717, 1.165) is 16.6 Å². The number of anilines is 2. The molecule has 0 fully saturated rings. The predicted octanol–water partition coefficient (Wildman–Crippen LogP) is 5.08. The Labute approximate surface area is 141 Å². The number of carbonyl (C=O) groups excluding carboxylic acids is 1. The van der Waals surface area contributed by atoms with Crippen LogP contribution >= 0.6 is 0 Å². The lowest BCUT2D eigenvalue weighted by molar-refractivity contribution is 0.0494. The van der Waals surface area contributed by atoms with Crippen molar-refractivity contribution in [3.63, 3.8) is 0 Å². The molecule has 0 spiro atoms. The number of aromatic nitrogens is 1. The fraction of sp³-hybridized carbons (Fsp3) is 0.263. The molecule has 0 aliphatic rings. The van der Waals surface area contributed by atoms with E-state index in [9.17, 15) is 4.79 Å². The molecule has 0 unspecified atom stereocenters. The summed E-state index contributed by atoms with van der Waals surface area (Å²) in [6.07, 6.45) is 3.29. The van der Waals surface area contributed by atoms with E-state index in [4.69, 9.17) is 9.15 Å². The second-order valence-electron chi connectivity index (χ2n) is 4.89. The van der Waals surface area contributed by atoms with Gasteiger partial charge in [0.2, 0.25) is 5.76 Å². The lowest BCUT2D eigenvalue weighted by Crippen LogP contribution is -2.06. The molecule has 2 aromatic heterocycles. The molecule has 24 heavy (non-hydrogen) atoms. The van der Waals surface area contributed by atoms with Gasteiger partial charge < -0.3 is 14.5 Å². The molecule has 0 radical (unpaired) electrons. The minimum atomic E-state index is -0.492. The Kier molecular flexibility index (Phi) is 5.95. The van der Waals surface area contributed by atoms with E-state index >= 15 is 0 Å². The molecule has 1 aromatic carbocycles. The fourth-order valence-electron chi connectivity index (χ4n) is 2.19. The van der Waals surface area contributed by atoms with Crippen molar-refractivity contribution in [1.82, 2.24) is 4.98 Å². The molecule has 0 aliphatic heterocycles. The predicted molar refractivity (Wildman–Crippen MR) is 95.8 cm³/mol. The van der Waals surface area contributed by atoms with Crippen molar-refractivity contribution in [2.75, 3.05) is 11.9 Å². The number of rotatable bonds is 4. The van der Waals surface area contributed by atoms with Crippen LogP contribution in [0, 0.1) is 6.92 Å². The van der Waals surface area contributed by atoms with E-state index < -0.39 is 5.97 Å². The summed E-state index contributed by atoms with van der Waals surface area (Å²) in [5, 5.41) is 3.97. The fourth-order valence-corrected chi connectivity index (χ4v) is 2.19. The van der Waals surface area contributed by atoms with Gasteiger partial charge in [0.25, 0.3) is 0 Å². The monoisotopic (exact) mass is 326 g/mol. The van der Waals surface area contributed by atoms with E-state index in [2.05, 4.69) is 10.3 Å². The second-order valence-corrected chi connectivity index (χ2v) is 4.89. The van der Waals surface area contributed by atoms with E-state index in [1.165, 1.54) is 0 Å². The SMILES string of the molecule is CC.CCOC(=O)c1oc2ccncc2c1Nc1ccc(C)cc1. The van der Waals surface area contributed by atoms with Gasteiger partial charge >= 0.3 is 5.97 Å². The Morgan fingerprint density at radius 3 is 2.58 bits per heavy atom. The van der Waals surface area contributed by atoms with Crippen LogP contribution in [0.1, 0.15) is 36.9 Å². The summed E-state index contributed by atoms with van der Waals surface area (Å²) >= 11 is 0. The number of esters is 1. The third-order valence-corrected chi connectivity index (χ3v) is 3.27. The van der Waals surface area contributed by atoms with Crippen molar-refractivity contribution in [1.29, 1.82) is 0 Å². The molecule has 0 saturated heterocycles. The van der Waals surface area contributed by atoms with Crippen molar-refractivity contribution in [3.05, 3.63) is 54.0 Å². The molecule has 0 saturated carbocycles. The number of furan rings is 1. The molecule has 0 amide bonds. The molecule has 3 rings (SSSR count). The lowest BCUT2D eigenvalue weighted by Gasteiger charge is -2.07. The molecule has 0 atom stereocenters. The van der Waals surface area contributed by atoms with Crippen LogP contribution in [0.3, 0.4) is 0 Å². The van der Waals surface area contributed by atoms with Crippen LogP contribution in [-0.2, 0) is 4.74 Å². The number of hydrogen-bond donors (Lipinski definition) is 1. The number of benzene rings is 1. The summed E-state index contributed by atoms with van der Waals surface area (Å²) in [4.78, 5) is 16.2. The van der Waals surface area contributed by atoms with Crippen molar-refractivity contribution in [2.45, 2.75) is 27.7 Å². The van der Waals surface area contributed by atoms with Gasteiger partial charge in [-0.25, -0.2) is 4.79 Å². The van der Waals surface area contributed by atoms with E-state index in [-0.39, 0.29) is 12.4 Å². The molecule has 1 N–H and O–H groups in total. The van der Waals surface area contributed by atoms with Crippen LogP contribution in [0.2, 0.25) is 0 Å². The number of pyridine rings is 1. The highest BCUT2D eigenvalue weighted by Crippen LogP contribution is 2.33. The third kappa shape index (κ3) is 3.74. The molecular weight excluding hydrogens is 304 g/mol. The van der Waals surface area contributed by atoms with Crippen LogP contribution in [0.15, 0.2) is 47.1 Å². The summed E-state index contributed by atoms with van der Waals surface area (Å²) in [6.45, 7) is 8.07. The van der Waals surface area contributed by atoms with Crippen molar-refractivity contribution in [3.8, 4) is 0 Å². The first kappa shape index (κ1) is 17.5. The van der Waals surface area contributed by atoms with Gasteiger partial charge in [0.15, 0.2) is 0 Å². The van der Waals surface area contributed by atoms with Gasteiger partial charge in [0.1, 0.15) is 11.3 Å². The van der Waals surface area contributed by atoms with Gasteiger partial charge in [-0.05, 0) is 32.0 Å². The first-order valence-electron chi connectivity index (χ1n) is 8.06. The highest BCUT2D eigenvalue weighted by atomic mass is 16.5. The average Bonchev–Trinajstić information content (AvgIpc) is 2.98. The molecule has 5 nitrogen and oxygen atoms in total. The Morgan fingerprint density at radius 1 is 1.21 bits per heavy atom. The minimum absolute atomic E-state index is 0.158. The number of hydrogen-bond acceptors (Lipinski definition) is 5. The number of ether oxygens (including phenoxy) is 1. The highest BCUT2D eigenvalue weighted by molar-refractivity contribution is 6.05. The Balaban J connectivity index is 0.00000100. The van der Waals surface area contributed by atoms with Crippen LogP contribution in [-0.4, -0.2) is 17.6 Å². The summed E-state index contributed by atoms with van der Waals surface area (Å²) in [7, 11) is 0. The summed E-state index contributed by atoms with van der Waals surface area (Å²) < 4.78 is 10.7. The number of nitrogens with one attached hydrogen (secondary N) is 1. The smallest absolute Gasteiger partial charge is 0.376 e. The Morgan fingerprint density at radius 2 is 1.92 bits per heavy atom. The lowest BCUT2D eigenvalue weighted by atomic mass is 10.2. The zero-order valence-electron chi connectivity index (χ0n) is 14.4. The molecule has 126 valence electrons. The first-order chi connectivity index (χ1) is 11.7. The average molecular weight is 326 g/mol. The quantitative estimate of drug-likeness (QED) is 0.677. The molecule has 5 heteroatoms. The maximum absolute atomic E-state index is 12.1. The van der Waals surface area contributed by atoms with Crippen LogP contribution < -0.4 is 5.32 Å². The van der Waals surface area contributed by atoms with Gasteiger partial charge in [0.05, 0.1) is 12.0 Å². The summed E-state index contributed by atoms with van der Waals surface area (Å²) in [5.41, 5.74) is 3.19. The van der Waals surface area contributed by atoms with E-state index in [0.29, 0.717) is 11.3 Å². The van der Waals surface area contributed by atoms with Crippen LogP contribution in [0.25, 0.3) is 11.0 Å². The van der Waals surface area contributed by atoms with Crippen LogP contribution in [0.4, 0.5) is 11.4 Å². The zero-order chi connectivity index (χ0) is 17.5. The molecule has 0 bridgehead atoms. The molecule has 2 heterocycles. The van der Waals surface area contributed by atoms with Crippen molar-refractivity contribution >= 4 is 28.3 Å². The van der Waals surface area contributed by atoms with Gasteiger partial charge in [-0.1, -0.05) is 31.5 Å². The summed E-state index contributed by atoms with van der Waals surface area (Å²) in [6, 6.07) is 9.59. The zero-order valence-corrected chi connectivity index (χ0v) is 14.4. The van der Waals surface area contributed by atoms with Gasteiger partial charge in [-0.2, -0.15) is 0 Å². The normalized spacial score (nSPS) is 10.0.